The molecule has 4 N–H and O–H groups in total. The van der Waals surface area contributed by atoms with Gasteiger partial charge in [-0.25, -0.2) is 4.68 Å². The van der Waals surface area contributed by atoms with E-state index in [4.69, 9.17) is 11.5 Å². The lowest BCUT2D eigenvalue weighted by molar-refractivity contribution is -0.137. The van der Waals surface area contributed by atoms with E-state index < -0.39 is 17.6 Å². The number of rotatable bonds is 2. The minimum Gasteiger partial charge on any atom is -0.396 e. The lowest BCUT2D eigenvalue weighted by Gasteiger charge is -2.11. The van der Waals surface area contributed by atoms with Crippen LogP contribution in [0.25, 0.3) is 5.69 Å². The lowest BCUT2D eigenvalue weighted by Crippen LogP contribution is -2.17. The van der Waals surface area contributed by atoms with Gasteiger partial charge in [0, 0.05) is 0 Å². The quantitative estimate of drug-likeness (QED) is 0.868. The molecule has 0 saturated carbocycles. The Morgan fingerprint density at radius 1 is 1.32 bits per heavy atom. The molecule has 0 spiro atoms. The van der Waals surface area contributed by atoms with Gasteiger partial charge in [0.1, 0.15) is 0 Å². The van der Waals surface area contributed by atoms with Crippen molar-refractivity contribution >= 4 is 11.6 Å². The molecule has 19 heavy (non-hydrogen) atoms. The zero-order valence-corrected chi connectivity index (χ0v) is 9.48. The summed E-state index contributed by atoms with van der Waals surface area (Å²) < 4.78 is 38.9. The molecule has 0 aliphatic heterocycles. The first-order chi connectivity index (χ1) is 8.79. The van der Waals surface area contributed by atoms with Gasteiger partial charge in [-0.15, -0.1) is 0 Å². The maximum absolute atomic E-state index is 12.6. The third kappa shape index (κ3) is 2.51. The van der Waals surface area contributed by atoms with E-state index in [0.29, 0.717) is 11.8 Å². The van der Waals surface area contributed by atoms with Gasteiger partial charge in [-0.05, 0) is 18.2 Å². The topological polar surface area (TPSA) is 86.9 Å². The summed E-state index contributed by atoms with van der Waals surface area (Å²) in [4.78, 5) is 11.3. The van der Waals surface area contributed by atoms with Gasteiger partial charge in [0.2, 0.25) is 0 Å². The Morgan fingerprint density at radius 2 is 2.00 bits per heavy atom. The van der Waals surface area contributed by atoms with Gasteiger partial charge in [-0.1, -0.05) is 0 Å². The minimum atomic E-state index is -4.55. The van der Waals surface area contributed by atoms with Crippen LogP contribution in [0, 0.1) is 0 Å². The molecule has 0 fully saturated rings. The molecule has 0 aliphatic rings. The van der Waals surface area contributed by atoms with E-state index in [9.17, 15) is 18.0 Å². The van der Waals surface area contributed by atoms with Gasteiger partial charge in [-0.2, -0.15) is 18.3 Å². The number of nitrogens with two attached hydrogens (primary N) is 2. The number of halogens is 3. The summed E-state index contributed by atoms with van der Waals surface area (Å²) in [5.74, 6) is -0.977. The van der Waals surface area contributed by atoms with Crippen LogP contribution in [0.2, 0.25) is 0 Å². The van der Waals surface area contributed by atoms with Crippen molar-refractivity contribution < 1.29 is 18.0 Å². The van der Waals surface area contributed by atoms with Crippen LogP contribution < -0.4 is 11.5 Å². The number of primary amides is 1. The Labute approximate surface area is 105 Å². The van der Waals surface area contributed by atoms with E-state index >= 15 is 0 Å². The summed E-state index contributed by atoms with van der Waals surface area (Å²) in [6, 6.07) is 2.66. The Morgan fingerprint density at radius 3 is 2.47 bits per heavy atom. The Kier molecular flexibility index (Phi) is 2.93. The number of anilines is 1. The second kappa shape index (κ2) is 4.30. The van der Waals surface area contributed by atoms with Crippen LogP contribution in [0.4, 0.5) is 18.9 Å². The van der Waals surface area contributed by atoms with Crippen LogP contribution >= 0.6 is 0 Å². The first kappa shape index (κ1) is 12.9. The molecule has 0 radical (unpaired) electrons. The molecule has 0 atom stereocenters. The van der Waals surface area contributed by atoms with Gasteiger partial charge >= 0.3 is 6.18 Å². The first-order valence-corrected chi connectivity index (χ1v) is 5.10. The van der Waals surface area contributed by atoms with E-state index in [1.165, 1.54) is 17.1 Å². The molecular weight excluding hydrogens is 261 g/mol. The number of nitrogens with zero attached hydrogens (tertiary/aromatic N) is 2. The van der Waals surface area contributed by atoms with Gasteiger partial charge in [0.15, 0.2) is 0 Å². The number of carbonyl (C=O) groups is 1. The monoisotopic (exact) mass is 270 g/mol. The molecule has 1 aromatic carbocycles. The smallest absolute Gasteiger partial charge is 0.396 e. The van der Waals surface area contributed by atoms with Crippen molar-refractivity contribution in [3.05, 3.63) is 41.7 Å². The van der Waals surface area contributed by atoms with Gasteiger partial charge < -0.3 is 11.5 Å². The minimum absolute atomic E-state index is 0.136. The fraction of sp³-hybridized carbons (Fsp3) is 0.0909. The van der Waals surface area contributed by atoms with Crippen molar-refractivity contribution in [2.75, 3.05) is 5.73 Å². The second-order valence-corrected chi connectivity index (χ2v) is 3.81. The molecule has 0 unspecified atom stereocenters. The number of amides is 1. The Hall–Kier alpha value is -2.51. The largest absolute Gasteiger partial charge is 0.416 e. The lowest BCUT2D eigenvalue weighted by atomic mass is 10.1. The number of aromatic nitrogens is 2. The highest BCUT2D eigenvalue weighted by atomic mass is 19.4. The molecule has 0 aliphatic carbocycles. The summed E-state index contributed by atoms with van der Waals surface area (Å²) in [7, 11) is 0. The molecular formula is C11H9F3N4O. The number of carbonyl (C=O) groups excluding carboxylic acids is 1. The molecule has 2 aromatic rings. The molecule has 1 heterocycles. The fourth-order valence-electron chi connectivity index (χ4n) is 1.58. The van der Waals surface area contributed by atoms with Crippen LogP contribution in [0.5, 0.6) is 0 Å². The third-order valence-corrected chi connectivity index (χ3v) is 2.44. The maximum Gasteiger partial charge on any atom is 0.416 e. The van der Waals surface area contributed by atoms with Gasteiger partial charge in [-0.3, -0.25) is 4.79 Å². The van der Waals surface area contributed by atoms with E-state index in [1.807, 2.05) is 0 Å². The van der Waals surface area contributed by atoms with E-state index in [2.05, 4.69) is 5.10 Å². The maximum atomic E-state index is 12.6. The molecule has 1 aromatic heterocycles. The normalized spacial score (nSPS) is 11.5. The Bertz CT molecular complexity index is 633. The highest BCUT2D eigenvalue weighted by Gasteiger charge is 2.31. The predicted octanol–water partition coefficient (Wildman–Crippen LogP) is 1.57. The van der Waals surface area contributed by atoms with Gasteiger partial charge in [0.05, 0.1) is 34.9 Å². The number of benzene rings is 1. The molecule has 2 rings (SSSR count). The average molecular weight is 270 g/mol. The van der Waals surface area contributed by atoms with Crippen LogP contribution in [0.3, 0.4) is 0 Å². The van der Waals surface area contributed by atoms with E-state index in [1.54, 1.807) is 0 Å². The Balaban J connectivity index is 2.60. The number of hydrogen-bond donors (Lipinski definition) is 2. The van der Waals surface area contributed by atoms with Crippen molar-refractivity contribution in [3.8, 4) is 5.69 Å². The summed E-state index contributed by atoms with van der Waals surface area (Å²) in [6.07, 6.45) is -1.87. The van der Waals surface area contributed by atoms with Crippen molar-refractivity contribution in [1.29, 1.82) is 0 Å². The van der Waals surface area contributed by atoms with E-state index in [-0.39, 0.29) is 11.3 Å². The third-order valence-electron chi connectivity index (χ3n) is 2.44. The van der Waals surface area contributed by atoms with Crippen molar-refractivity contribution in [1.82, 2.24) is 9.78 Å². The van der Waals surface area contributed by atoms with Crippen LogP contribution in [0.1, 0.15) is 15.9 Å². The molecule has 8 heteroatoms. The molecule has 0 saturated heterocycles. The van der Waals surface area contributed by atoms with Crippen molar-refractivity contribution in [2.24, 2.45) is 5.73 Å². The zero-order valence-electron chi connectivity index (χ0n) is 9.48. The molecule has 100 valence electrons. The van der Waals surface area contributed by atoms with Crippen LogP contribution in [0.15, 0.2) is 30.6 Å². The van der Waals surface area contributed by atoms with E-state index in [0.717, 1.165) is 12.1 Å². The van der Waals surface area contributed by atoms with Gasteiger partial charge in [0.25, 0.3) is 5.91 Å². The average Bonchev–Trinajstić information content (AvgIpc) is 2.73. The molecule has 1 amide bonds. The zero-order chi connectivity index (χ0) is 14.2. The second-order valence-electron chi connectivity index (χ2n) is 3.81. The summed E-state index contributed by atoms with van der Waals surface area (Å²) in [5.41, 5.74) is 9.77. The molecule has 5 nitrogen and oxygen atoms in total. The first-order valence-electron chi connectivity index (χ1n) is 5.10. The highest BCUT2D eigenvalue weighted by Crippen LogP contribution is 2.31. The fourth-order valence-corrected chi connectivity index (χ4v) is 1.58. The predicted molar refractivity (Wildman–Crippen MR) is 61.5 cm³/mol. The summed E-state index contributed by atoms with van der Waals surface area (Å²) in [5, 5.41) is 3.82. The summed E-state index contributed by atoms with van der Waals surface area (Å²) >= 11 is 0. The highest BCUT2D eigenvalue weighted by molar-refractivity contribution is 5.96. The number of hydrogen-bond acceptors (Lipinski definition) is 3. The molecule has 0 bridgehead atoms. The SMILES string of the molecule is NC(=O)c1cc(C(F)(F)F)ccc1-n1cc(N)cn1. The van der Waals surface area contributed by atoms with Crippen LogP contribution in [-0.4, -0.2) is 15.7 Å². The van der Waals surface area contributed by atoms with Crippen molar-refractivity contribution in [2.45, 2.75) is 6.18 Å². The standard InChI is InChI=1S/C11H9F3N4O/c12-11(13,14)6-1-2-9(8(3-6)10(16)19)18-5-7(15)4-17-18/h1-5H,15H2,(H2,16,19). The number of nitrogen functional groups attached to an aromatic ring is 1. The number of alkyl halides is 3. The van der Waals surface area contributed by atoms with Crippen molar-refractivity contribution in [3.63, 3.8) is 0 Å². The summed E-state index contributed by atoms with van der Waals surface area (Å²) in [6.45, 7) is 0. The van der Waals surface area contributed by atoms with Crippen LogP contribution in [-0.2, 0) is 6.18 Å².